The van der Waals surface area contributed by atoms with E-state index in [4.69, 9.17) is 0 Å². The number of hydrogen-bond donors (Lipinski definition) is 1. The molecule has 0 fully saturated rings. The Kier molecular flexibility index (Phi) is 4.08. The number of fused-ring (bicyclic) bond motifs is 1. The summed E-state index contributed by atoms with van der Waals surface area (Å²) < 4.78 is 12.6. The highest BCUT2D eigenvalue weighted by atomic mass is 19.1. The van der Waals surface area contributed by atoms with Gasteiger partial charge in [-0.25, -0.2) is 4.39 Å². The molecule has 3 N–H and O–H groups in total. The lowest BCUT2D eigenvalue weighted by molar-refractivity contribution is 0.630. The number of hydrogen-bond acceptors (Lipinski definition) is 1. The average molecular weight is 179 g/mol. The van der Waals surface area contributed by atoms with Crippen LogP contribution in [0.1, 0.15) is 7.43 Å². The van der Waals surface area contributed by atoms with Gasteiger partial charge in [0.1, 0.15) is 5.82 Å². The van der Waals surface area contributed by atoms with Crippen LogP contribution in [0, 0.1) is 5.82 Å². The fraction of sp³-hybridized carbons (Fsp3) is 0.0909. The van der Waals surface area contributed by atoms with Gasteiger partial charge in [-0.05, 0) is 22.9 Å². The van der Waals surface area contributed by atoms with Crippen LogP contribution in [0.3, 0.4) is 0 Å². The second-order valence-corrected chi connectivity index (χ2v) is 2.49. The molecule has 0 aliphatic heterocycles. The van der Waals surface area contributed by atoms with Crippen LogP contribution < -0.4 is 6.15 Å². The van der Waals surface area contributed by atoms with E-state index in [1.54, 1.807) is 6.07 Å². The maximum atomic E-state index is 12.6. The van der Waals surface area contributed by atoms with Crippen molar-refractivity contribution in [2.75, 3.05) is 0 Å². The first-order chi connectivity index (χ1) is 5.36. The molecule has 0 saturated heterocycles. The largest absolute Gasteiger partial charge is 0.344 e. The summed E-state index contributed by atoms with van der Waals surface area (Å²) in [6.45, 7) is 0. The van der Waals surface area contributed by atoms with E-state index >= 15 is 0 Å². The van der Waals surface area contributed by atoms with Gasteiger partial charge in [0.2, 0.25) is 0 Å². The Morgan fingerprint density at radius 1 is 0.846 bits per heavy atom. The normalized spacial score (nSPS) is 8.69. The van der Waals surface area contributed by atoms with Crippen LogP contribution in [0.15, 0.2) is 42.5 Å². The maximum absolute atomic E-state index is 12.6. The highest BCUT2D eigenvalue weighted by Gasteiger charge is 1.92. The van der Waals surface area contributed by atoms with E-state index in [2.05, 4.69) is 0 Å². The lowest BCUT2D eigenvalue weighted by atomic mass is 10.1. The second kappa shape index (κ2) is 4.58. The highest BCUT2D eigenvalue weighted by Crippen LogP contribution is 2.13. The minimum atomic E-state index is -0.177. The molecule has 2 aromatic rings. The van der Waals surface area contributed by atoms with E-state index < -0.39 is 0 Å². The second-order valence-electron chi connectivity index (χ2n) is 2.49. The Morgan fingerprint density at radius 2 is 1.46 bits per heavy atom. The van der Waals surface area contributed by atoms with Gasteiger partial charge in [-0.1, -0.05) is 37.8 Å². The van der Waals surface area contributed by atoms with Crippen LogP contribution in [0.25, 0.3) is 10.8 Å². The maximum Gasteiger partial charge on any atom is 0.123 e. The molecule has 0 heterocycles. The predicted octanol–water partition coefficient (Wildman–Crippen LogP) is 3.78. The van der Waals surface area contributed by atoms with E-state index in [0.717, 1.165) is 10.8 Å². The number of rotatable bonds is 0. The Bertz CT molecular complexity index is 385. The molecule has 1 nitrogen and oxygen atoms in total. The lowest BCUT2D eigenvalue weighted by Gasteiger charge is -1.94. The Balaban J connectivity index is 0.000000720. The molecule has 0 unspecified atom stereocenters. The number of halogens is 1. The van der Waals surface area contributed by atoms with Crippen LogP contribution in [0.4, 0.5) is 4.39 Å². The summed E-state index contributed by atoms with van der Waals surface area (Å²) in [7, 11) is 0. The van der Waals surface area contributed by atoms with Gasteiger partial charge in [-0.15, -0.1) is 0 Å². The SMILES string of the molecule is C.Fc1ccc2ccccc2c1.N. The summed E-state index contributed by atoms with van der Waals surface area (Å²) in [5.41, 5.74) is 0. The zero-order valence-electron chi connectivity index (χ0n) is 6.63. The Labute approximate surface area is 77.8 Å². The molecule has 0 aliphatic rings. The van der Waals surface area contributed by atoms with Gasteiger partial charge in [0.15, 0.2) is 0 Å². The summed E-state index contributed by atoms with van der Waals surface area (Å²) >= 11 is 0. The molecule has 0 radical (unpaired) electrons. The average Bonchev–Trinajstić information content (AvgIpc) is 2.04. The van der Waals surface area contributed by atoms with Crippen molar-refractivity contribution in [2.24, 2.45) is 0 Å². The highest BCUT2D eigenvalue weighted by molar-refractivity contribution is 5.82. The van der Waals surface area contributed by atoms with Crippen molar-refractivity contribution in [1.82, 2.24) is 6.15 Å². The van der Waals surface area contributed by atoms with Gasteiger partial charge in [-0.2, -0.15) is 0 Å². The van der Waals surface area contributed by atoms with Crippen LogP contribution in [-0.2, 0) is 0 Å². The molecular formula is C11H14FN. The van der Waals surface area contributed by atoms with Crippen molar-refractivity contribution < 1.29 is 4.39 Å². The minimum Gasteiger partial charge on any atom is -0.344 e. The predicted molar refractivity (Wildman–Crippen MR) is 55.7 cm³/mol. The standard InChI is InChI=1S/C10H7F.CH4.H3N/c11-10-6-5-8-3-1-2-4-9(8)7-10;;/h1-7H;1H4;1H3. The Hall–Kier alpha value is -1.41. The molecule has 2 rings (SSSR count). The molecule has 0 atom stereocenters. The fourth-order valence-electron chi connectivity index (χ4n) is 1.16. The van der Waals surface area contributed by atoms with Gasteiger partial charge in [-0.3, -0.25) is 0 Å². The van der Waals surface area contributed by atoms with Crippen molar-refractivity contribution in [3.63, 3.8) is 0 Å². The van der Waals surface area contributed by atoms with Gasteiger partial charge < -0.3 is 6.15 Å². The van der Waals surface area contributed by atoms with E-state index in [-0.39, 0.29) is 19.4 Å². The third-order valence-electron chi connectivity index (χ3n) is 1.71. The number of benzene rings is 2. The zero-order valence-corrected chi connectivity index (χ0v) is 6.63. The van der Waals surface area contributed by atoms with Gasteiger partial charge in [0.25, 0.3) is 0 Å². The first-order valence-electron chi connectivity index (χ1n) is 3.50. The molecule has 0 aliphatic carbocycles. The quantitative estimate of drug-likeness (QED) is 0.656. The summed E-state index contributed by atoms with van der Waals surface area (Å²) in [5, 5.41) is 2.03. The van der Waals surface area contributed by atoms with Gasteiger partial charge in [0.05, 0.1) is 0 Å². The van der Waals surface area contributed by atoms with Crippen molar-refractivity contribution in [3.8, 4) is 0 Å². The zero-order chi connectivity index (χ0) is 7.68. The molecule has 2 heteroatoms. The van der Waals surface area contributed by atoms with Crippen molar-refractivity contribution >= 4 is 10.8 Å². The van der Waals surface area contributed by atoms with E-state index in [9.17, 15) is 4.39 Å². The minimum absolute atomic E-state index is 0. The van der Waals surface area contributed by atoms with Crippen molar-refractivity contribution in [2.45, 2.75) is 7.43 Å². The van der Waals surface area contributed by atoms with Gasteiger partial charge >= 0.3 is 0 Å². The van der Waals surface area contributed by atoms with Crippen LogP contribution in [-0.4, -0.2) is 0 Å². The molecule has 0 saturated carbocycles. The third-order valence-corrected chi connectivity index (χ3v) is 1.71. The molecule has 0 bridgehead atoms. The molecule has 0 spiro atoms. The topological polar surface area (TPSA) is 35.0 Å². The molecule has 13 heavy (non-hydrogen) atoms. The van der Waals surface area contributed by atoms with Crippen LogP contribution in [0.2, 0.25) is 0 Å². The monoisotopic (exact) mass is 179 g/mol. The van der Waals surface area contributed by atoms with Crippen molar-refractivity contribution in [1.29, 1.82) is 0 Å². The molecule has 2 aromatic carbocycles. The van der Waals surface area contributed by atoms with Crippen molar-refractivity contribution in [3.05, 3.63) is 48.3 Å². The smallest absolute Gasteiger partial charge is 0.123 e. The summed E-state index contributed by atoms with van der Waals surface area (Å²) in [6.07, 6.45) is 0. The fourth-order valence-corrected chi connectivity index (χ4v) is 1.16. The lowest BCUT2D eigenvalue weighted by Crippen LogP contribution is -1.73. The van der Waals surface area contributed by atoms with Crippen LogP contribution >= 0.6 is 0 Å². The van der Waals surface area contributed by atoms with Crippen LogP contribution in [0.5, 0.6) is 0 Å². The first kappa shape index (κ1) is 11.6. The molecular weight excluding hydrogens is 165 g/mol. The summed E-state index contributed by atoms with van der Waals surface area (Å²) in [6, 6.07) is 12.5. The molecule has 0 aromatic heterocycles. The van der Waals surface area contributed by atoms with E-state index in [1.165, 1.54) is 12.1 Å². The Morgan fingerprint density at radius 3 is 2.15 bits per heavy atom. The summed E-state index contributed by atoms with van der Waals surface area (Å²) in [4.78, 5) is 0. The molecule has 0 amide bonds. The van der Waals surface area contributed by atoms with E-state index in [0.29, 0.717) is 0 Å². The first-order valence-corrected chi connectivity index (χ1v) is 3.50. The molecule has 70 valence electrons. The van der Waals surface area contributed by atoms with Gasteiger partial charge in [0, 0.05) is 0 Å². The van der Waals surface area contributed by atoms with E-state index in [1.807, 2.05) is 24.3 Å². The summed E-state index contributed by atoms with van der Waals surface area (Å²) in [5.74, 6) is -0.177. The third kappa shape index (κ3) is 2.26.